The van der Waals surface area contributed by atoms with E-state index in [0.29, 0.717) is 6.61 Å². The molecule has 1 unspecified atom stereocenters. The van der Waals surface area contributed by atoms with E-state index in [1.807, 2.05) is 13.0 Å². The fourth-order valence-corrected chi connectivity index (χ4v) is 1.58. The molecule has 2 nitrogen and oxygen atoms in total. The lowest BCUT2D eigenvalue weighted by Gasteiger charge is -2.12. The van der Waals surface area contributed by atoms with Crippen LogP contribution in [0.2, 0.25) is 0 Å². The van der Waals surface area contributed by atoms with E-state index < -0.39 is 0 Å². The summed E-state index contributed by atoms with van der Waals surface area (Å²) >= 11 is 0. The van der Waals surface area contributed by atoms with E-state index in [4.69, 9.17) is 10.5 Å². The third-order valence-electron chi connectivity index (χ3n) is 2.63. The molecule has 0 amide bonds. The molecule has 0 aliphatic heterocycles. The summed E-state index contributed by atoms with van der Waals surface area (Å²) < 4.78 is 5.44. The zero-order valence-corrected chi connectivity index (χ0v) is 11.1. The summed E-state index contributed by atoms with van der Waals surface area (Å²) in [6.45, 7) is 6.94. The number of ether oxygens (including phenoxy) is 1. The highest BCUT2D eigenvalue weighted by Crippen LogP contribution is 2.18. The number of rotatable bonds is 5. The first kappa shape index (κ1) is 15.3. The lowest BCUT2D eigenvalue weighted by atomic mass is 10.00. The van der Waals surface area contributed by atoms with E-state index in [2.05, 4.69) is 26.0 Å². The molecule has 3 heteroatoms. The van der Waals surface area contributed by atoms with Crippen LogP contribution in [0.25, 0.3) is 0 Å². The van der Waals surface area contributed by atoms with Gasteiger partial charge in [-0.2, -0.15) is 0 Å². The van der Waals surface area contributed by atoms with Gasteiger partial charge in [-0.05, 0) is 49.9 Å². The summed E-state index contributed by atoms with van der Waals surface area (Å²) in [5, 5.41) is 0. The second-order valence-corrected chi connectivity index (χ2v) is 3.89. The average molecular weight is 244 g/mol. The molecule has 1 aromatic carbocycles. The molecule has 0 aliphatic carbocycles. The maximum Gasteiger partial charge on any atom is 0.119 e. The molecule has 0 aromatic heterocycles. The first-order valence-corrected chi connectivity index (χ1v) is 5.65. The number of nitrogens with two attached hydrogens (primary N) is 1. The molecule has 2 N–H and O–H groups in total. The molecule has 0 radical (unpaired) electrons. The van der Waals surface area contributed by atoms with Gasteiger partial charge in [0.15, 0.2) is 0 Å². The monoisotopic (exact) mass is 243 g/mol. The number of aryl methyl sites for hydroxylation is 1. The van der Waals surface area contributed by atoms with Crippen molar-refractivity contribution in [2.24, 2.45) is 5.73 Å². The quantitative estimate of drug-likeness (QED) is 0.863. The summed E-state index contributed by atoms with van der Waals surface area (Å²) in [6, 6.07) is 6.49. The topological polar surface area (TPSA) is 35.2 Å². The maximum atomic E-state index is 5.94. The summed E-state index contributed by atoms with van der Waals surface area (Å²) in [4.78, 5) is 0. The predicted molar refractivity (Wildman–Crippen MR) is 71.6 cm³/mol. The number of hydrogen-bond acceptors (Lipinski definition) is 2. The molecule has 0 fully saturated rings. The van der Waals surface area contributed by atoms with Gasteiger partial charge in [-0.1, -0.05) is 13.0 Å². The van der Waals surface area contributed by atoms with Gasteiger partial charge in [-0.15, -0.1) is 12.4 Å². The third-order valence-corrected chi connectivity index (χ3v) is 2.63. The average Bonchev–Trinajstić information content (AvgIpc) is 2.22. The molecule has 92 valence electrons. The summed E-state index contributed by atoms with van der Waals surface area (Å²) in [5.74, 6) is 0.948. The molecule has 0 heterocycles. The standard InChI is InChI=1S/C13H21NO.ClH/c1-4-12(14)9-11-6-7-13(15-5-2)8-10(11)3;/h6-8,12H,4-5,9,14H2,1-3H3;1H. The van der Waals surface area contributed by atoms with Gasteiger partial charge in [0.05, 0.1) is 6.61 Å². The Hall–Kier alpha value is -0.730. The van der Waals surface area contributed by atoms with E-state index in [0.717, 1.165) is 18.6 Å². The highest BCUT2D eigenvalue weighted by Gasteiger charge is 2.05. The van der Waals surface area contributed by atoms with Gasteiger partial charge in [-0.25, -0.2) is 0 Å². The minimum Gasteiger partial charge on any atom is -0.494 e. The van der Waals surface area contributed by atoms with Gasteiger partial charge < -0.3 is 10.5 Å². The molecular weight excluding hydrogens is 222 g/mol. The van der Waals surface area contributed by atoms with Crippen molar-refractivity contribution < 1.29 is 4.74 Å². The van der Waals surface area contributed by atoms with Crippen LogP contribution < -0.4 is 10.5 Å². The summed E-state index contributed by atoms with van der Waals surface area (Å²) in [5.41, 5.74) is 8.53. The highest BCUT2D eigenvalue weighted by molar-refractivity contribution is 5.85. The molecule has 1 aromatic rings. The molecule has 0 spiro atoms. The van der Waals surface area contributed by atoms with Crippen LogP contribution >= 0.6 is 12.4 Å². The van der Waals surface area contributed by atoms with Crippen molar-refractivity contribution in [3.8, 4) is 5.75 Å². The number of benzene rings is 1. The van der Waals surface area contributed by atoms with E-state index in [9.17, 15) is 0 Å². The van der Waals surface area contributed by atoms with Crippen molar-refractivity contribution in [3.05, 3.63) is 29.3 Å². The smallest absolute Gasteiger partial charge is 0.119 e. The van der Waals surface area contributed by atoms with Crippen molar-refractivity contribution in [2.75, 3.05) is 6.61 Å². The maximum absolute atomic E-state index is 5.94. The van der Waals surface area contributed by atoms with Crippen molar-refractivity contribution in [2.45, 2.75) is 39.7 Å². The zero-order valence-electron chi connectivity index (χ0n) is 10.3. The van der Waals surface area contributed by atoms with Crippen molar-refractivity contribution in [3.63, 3.8) is 0 Å². The Bertz CT molecular complexity index is 315. The van der Waals surface area contributed by atoms with Crippen LogP contribution in [-0.2, 0) is 6.42 Å². The van der Waals surface area contributed by atoms with Gasteiger partial charge in [-0.3, -0.25) is 0 Å². The Morgan fingerprint density at radius 3 is 2.50 bits per heavy atom. The van der Waals surface area contributed by atoms with Crippen molar-refractivity contribution in [1.29, 1.82) is 0 Å². The number of halogens is 1. The van der Waals surface area contributed by atoms with Crippen LogP contribution in [-0.4, -0.2) is 12.6 Å². The van der Waals surface area contributed by atoms with Crippen LogP contribution in [0.1, 0.15) is 31.4 Å². The minimum absolute atomic E-state index is 0. The first-order valence-electron chi connectivity index (χ1n) is 5.65. The third kappa shape index (κ3) is 4.42. The molecule has 0 saturated carbocycles. The van der Waals surface area contributed by atoms with Crippen molar-refractivity contribution in [1.82, 2.24) is 0 Å². The first-order chi connectivity index (χ1) is 7.17. The van der Waals surface area contributed by atoms with Crippen LogP contribution in [0.3, 0.4) is 0 Å². The normalized spacial score (nSPS) is 11.8. The molecule has 0 saturated heterocycles. The Morgan fingerprint density at radius 2 is 2.00 bits per heavy atom. The van der Waals surface area contributed by atoms with E-state index in [1.54, 1.807) is 0 Å². The second-order valence-electron chi connectivity index (χ2n) is 3.89. The van der Waals surface area contributed by atoms with Gasteiger partial charge in [0.2, 0.25) is 0 Å². The fraction of sp³-hybridized carbons (Fsp3) is 0.538. The van der Waals surface area contributed by atoms with Crippen LogP contribution in [0.5, 0.6) is 5.75 Å². The molecule has 0 bridgehead atoms. The van der Waals surface area contributed by atoms with Gasteiger partial charge >= 0.3 is 0 Å². The summed E-state index contributed by atoms with van der Waals surface area (Å²) in [6.07, 6.45) is 1.97. The minimum atomic E-state index is 0. The fourth-order valence-electron chi connectivity index (χ4n) is 1.58. The number of hydrogen-bond donors (Lipinski definition) is 1. The van der Waals surface area contributed by atoms with Crippen LogP contribution in [0.15, 0.2) is 18.2 Å². The molecular formula is C13H22ClNO. The van der Waals surface area contributed by atoms with E-state index in [-0.39, 0.29) is 18.4 Å². The molecule has 1 atom stereocenters. The Morgan fingerprint density at radius 1 is 1.31 bits per heavy atom. The van der Waals surface area contributed by atoms with Gasteiger partial charge in [0.1, 0.15) is 5.75 Å². The van der Waals surface area contributed by atoms with Gasteiger partial charge in [0, 0.05) is 6.04 Å². The Balaban J connectivity index is 0.00000225. The predicted octanol–water partition coefficient (Wildman–Crippen LogP) is 3.10. The van der Waals surface area contributed by atoms with Crippen LogP contribution in [0.4, 0.5) is 0 Å². The Kier molecular flexibility index (Phi) is 7.18. The lowest BCUT2D eigenvalue weighted by Crippen LogP contribution is -2.21. The summed E-state index contributed by atoms with van der Waals surface area (Å²) in [7, 11) is 0. The van der Waals surface area contributed by atoms with E-state index in [1.165, 1.54) is 11.1 Å². The largest absolute Gasteiger partial charge is 0.494 e. The molecule has 0 aliphatic rings. The van der Waals surface area contributed by atoms with E-state index >= 15 is 0 Å². The van der Waals surface area contributed by atoms with Crippen LogP contribution in [0, 0.1) is 6.92 Å². The Labute approximate surface area is 105 Å². The SMILES string of the molecule is CCOc1ccc(CC(N)CC)c(C)c1.Cl. The molecule has 1 rings (SSSR count). The van der Waals surface area contributed by atoms with Gasteiger partial charge in [0.25, 0.3) is 0 Å². The molecule has 16 heavy (non-hydrogen) atoms. The lowest BCUT2D eigenvalue weighted by molar-refractivity contribution is 0.340. The van der Waals surface area contributed by atoms with Crippen molar-refractivity contribution >= 4 is 12.4 Å². The second kappa shape index (κ2) is 7.53. The highest BCUT2D eigenvalue weighted by atomic mass is 35.5. The zero-order chi connectivity index (χ0) is 11.3.